The number of aliphatic carboxylic acids is 2. The molecular weight excluding hydrogens is 514 g/mol. The number of aromatic nitrogens is 3. The fraction of sp³-hybridized carbons (Fsp3) is 0.500. The van der Waals surface area contributed by atoms with E-state index in [4.69, 9.17) is 24.5 Å². The Morgan fingerprint density at radius 3 is 2.09 bits per heavy atom. The van der Waals surface area contributed by atoms with Gasteiger partial charge in [0.05, 0.1) is 31.1 Å². The number of carbonyl (C=O) groups excluding carboxylic acids is 1. The normalized spacial score (nSPS) is 14.9. The minimum Gasteiger partial charge on any atom is -0.475 e. The van der Waals surface area contributed by atoms with Crippen LogP contribution in [0.5, 0.6) is 0 Å². The summed E-state index contributed by atoms with van der Waals surface area (Å²) in [6.45, 7) is 2.28. The summed E-state index contributed by atoms with van der Waals surface area (Å²) in [7, 11) is 0. The highest BCUT2D eigenvalue weighted by Gasteiger charge is 2.39. The van der Waals surface area contributed by atoms with Crippen LogP contribution in [-0.2, 0) is 45.4 Å². The number of nitrogens with one attached hydrogen (secondary N) is 1. The third-order valence-corrected chi connectivity index (χ3v) is 5.16. The summed E-state index contributed by atoms with van der Waals surface area (Å²) in [5.41, 5.74) is 3.09. The maximum Gasteiger partial charge on any atom is 0.490 e. The van der Waals surface area contributed by atoms with Crippen LogP contribution in [0, 0.1) is 5.92 Å². The third-order valence-electron chi connectivity index (χ3n) is 4.41. The van der Waals surface area contributed by atoms with Crippen LogP contribution in [-0.4, -0.2) is 60.5 Å². The molecule has 2 aliphatic rings. The number of H-pyrrole nitrogens is 1. The molecule has 35 heavy (non-hydrogen) atoms. The smallest absolute Gasteiger partial charge is 0.475 e. The molecule has 10 nitrogen and oxygen atoms in total. The molecule has 1 amide bonds. The molecule has 0 spiro atoms. The third kappa shape index (κ3) is 8.82. The number of fused-ring (bicyclic) bond motifs is 1. The van der Waals surface area contributed by atoms with Gasteiger partial charge in [0.15, 0.2) is 0 Å². The highest BCUT2D eigenvalue weighted by molar-refractivity contribution is 7.09. The number of carboxylic acids is 2. The van der Waals surface area contributed by atoms with Crippen molar-refractivity contribution >= 4 is 29.2 Å². The van der Waals surface area contributed by atoms with E-state index in [1.54, 1.807) is 17.5 Å². The number of ether oxygens (including phenoxy) is 1. The lowest BCUT2D eigenvalue weighted by molar-refractivity contribution is -0.193. The summed E-state index contributed by atoms with van der Waals surface area (Å²) in [5.74, 6) is -4.96. The summed E-state index contributed by atoms with van der Waals surface area (Å²) in [6.07, 6.45) is -6.30. The maximum atomic E-state index is 12.1. The second-order valence-corrected chi connectivity index (χ2v) is 8.10. The summed E-state index contributed by atoms with van der Waals surface area (Å²) < 4.78 is 69.1. The van der Waals surface area contributed by atoms with E-state index in [2.05, 4.69) is 15.2 Å². The van der Waals surface area contributed by atoms with E-state index in [1.165, 1.54) is 0 Å². The van der Waals surface area contributed by atoms with Gasteiger partial charge in [-0.2, -0.15) is 31.4 Å². The largest absolute Gasteiger partial charge is 0.490 e. The SMILES string of the molecule is O=C(C1CC1)N1Cc2[nH]nc(COCc3nccs3)c2C1.O=C(O)C(F)(F)F.O=C(O)C(F)(F)F. The molecule has 0 radical (unpaired) electrons. The van der Waals surface area contributed by atoms with Crippen molar-refractivity contribution < 1.29 is 55.7 Å². The van der Waals surface area contributed by atoms with Crippen LogP contribution in [0.15, 0.2) is 11.6 Å². The zero-order valence-electron chi connectivity index (χ0n) is 17.5. The van der Waals surface area contributed by atoms with Gasteiger partial charge in [-0.3, -0.25) is 9.89 Å². The summed E-state index contributed by atoms with van der Waals surface area (Å²) >= 11 is 1.58. The molecule has 0 saturated heterocycles. The van der Waals surface area contributed by atoms with Gasteiger partial charge < -0.3 is 19.8 Å². The first-order valence-electron chi connectivity index (χ1n) is 9.60. The second kappa shape index (κ2) is 11.5. The number of halogens is 6. The fourth-order valence-corrected chi connectivity index (χ4v) is 3.17. The lowest BCUT2D eigenvalue weighted by Gasteiger charge is -2.15. The molecule has 0 aromatic carbocycles. The lowest BCUT2D eigenvalue weighted by Crippen LogP contribution is -2.27. The van der Waals surface area contributed by atoms with E-state index in [0.29, 0.717) is 26.3 Å². The van der Waals surface area contributed by atoms with Gasteiger partial charge in [-0.25, -0.2) is 14.6 Å². The van der Waals surface area contributed by atoms with E-state index in [9.17, 15) is 31.1 Å². The van der Waals surface area contributed by atoms with Gasteiger partial charge in [0.2, 0.25) is 5.91 Å². The summed E-state index contributed by atoms with van der Waals surface area (Å²) in [4.78, 5) is 36.0. The minimum atomic E-state index is -5.08. The second-order valence-electron chi connectivity index (χ2n) is 7.12. The van der Waals surface area contributed by atoms with E-state index in [-0.39, 0.29) is 11.8 Å². The molecule has 0 bridgehead atoms. The quantitative estimate of drug-likeness (QED) is 0.498. The van der Waals surface area contributed by atoms with Gasteiger partial charge in [0.1, 0.15) is 5.01 Å². The molecular formula is C18H18F6N4O6S. The number of nitrogens with zero attached hydrogens (tertiary/aromatic N) is 3. The van der Waals surface area contributed by atoms with Crippen molar-refractivity contribution in [3.05, 3.63) is 33.5 Å². The van der Waals surface area contributed by atoms with E-state index >= 15 is 0 Å². The molecule has 0 atom stereocenters. The van der Waals surface area contributed by atoms with Crippen molar-refractivity contribution in [2.75, 3.05) is 0 Å². The molecule has 1 aliphatic carbocycles. The number of alkyl halides is 6. The van der Waals surface area contributed by atoms with Crippen molar-refractivity contribution in [2.24, 2.45) is 5.92 Å². The van der Waals surface area contributed by atoms with Crippen LogP contribution in [0.1, 0.15) is 34.8 Å². The molecule has 3 N–H and O–H groups in total. The first kappa shape index (κ1) is 28.0. The monoisotopic (exact) mass is 532 g/mol. The van der Waals surface area contributed by atoms with E-state index < -0.39 is 24.3 Å². The molecule has 17 heteroatoms. The van der Waals surface area contributed by atoms with Gasteiger partial charge in [0, 0.05) is 29.6 Å². The Bertz CT molecular complexity index is 996. The van der Waals surface area contributed by atoms with Crippen molar-refractivity contribution in [3.63, 3.8) is 0 Å². The molecule has 1 saturated carbocycles. The number of rotatable bonds is 5. The lowest BCUT2D eigenvalue weighted by atomic mass is 10.2. The van der Waals surface area contributed by atoms with Crippen molar-refractivity contribution in [2.45, 2.75) is 51.5 Å². The summed E-state index contributed by atoms with van der Waals surface area (Å²) in [6, 6.07) is 0. The first-order chi connectivity index (χ1) is 16.2. The van der Waals surface area contributed by atoms with Crippen molar-refractivity contribution in [1.29, 1.82) is 0 Å². The highest BCUT2D eigenvalue weighted by Crippen LogP contribution is 2.34. The van der Waals surface area contributed by atoms with Gasteiger partial charge in [-0.15, -0.1) is 11.3 Å². The molecule has 3 heterocycles. The number of amides is 1. The van der Waals surface area contributed by atoms with Crippen molar-refractivity contribution in [1.82, 2.24) is 20.1 Å². The Balaban J connectivity index is 0.000000257. The molecule has 2 aromatic rings. The van der Waals surface area contributed by atoms with Crippen molar-refractivity contribution in [3.8, 4) is 0 Å². The number of carboxylic acid groups (broad SMARTS) is 2. The fourth-order valence-electron chi connectivity index (χ4n) is 2.62. The Morgan fingerprint density at radius 2 is 1.63 bits per heavy atom. The zero-order valence-corrected chi connectivity index (χ0v) is 18.3. The number of hydrogen-bond donors (Lipinski definition) is 3. The highest BCUT2D eigenvalue weighted by atomic mass is 32.1. The van der Waals surface area contributed by atoms with E-state index in [0.717, 1.165) is 34.8 Å². The van der Waals surface area contributed by atoms with Crippen LogP contribution in [0.25, 0.3) is 0 Å². The number of carbonyl (C=O) groups is 3. The van der Waals surface area contributed by atoms with Gasteiger partial charge in [-0.1, -0.05) is 0 Å². The maximum absolute atomic E-state index is 12.1. The molecule has 1 fully saturated rings. The predicted molar refractivity (Wildman–Crippen MR) is 104 cm³/mol. The standard InChI is InChI=1S/C14H16N4O2S.2C2HF3O2/c19-14(9-1-2-9)18-5-10-11(6-18)16-17-12(10)7-20-8-13-15-3-4-21-13;2*3-2(4,5)1(6)7/h3-4,9H,1-2,5-8H2,(H,16,17);2*(H,6,7). The Morgan fingerprint density at radius 1 is 1.06 bits per heavy atom. The number of hydrogen-bond acceptors (Lipinski definition) is 7. The Labute approximate surface area is 196 Å². The number of aromatic amines is 1. The zero-order chi connectivity index (χ0) is 26.4. The van der Waals surface area contributed by atoms with Gasteiger partial charge in [-0.05, 0) is 12.8 Å². The Hall–Kier alpha value is -3.21. The molecule has 4 rings (SSSR count). The average Bonchev–Trinajstić information content (AvgIpc) is 3.13. The van der Waals surface area contributed by atoms with Gasteiger partial charge in [0.25, 0.3) is 0 Å². The van der Waals surface area contributed by atoms with Crippen LogP contribution in [0.4, 0.5) is 26.3 Å². The predicted octanol–water partition coefficient (Wildman–Crippen LogP) is 3.10. The molecule has 0 unspecified atom stereocenters. The topological polar surface area (TPSA) is 146 Å². The molecule has 194 valence electrons. The molecule has 1 aliphatic heterocycles. The molecule has 2 aromatic heterocycles. The van der Waals surface area contributed by atoms with Crippen LogP contribution >= 0.6 is 11.3 Å². The van der Waals surface area contributed by atoms with Crippen LogP contribution in [0.2, 0.25) is 0 Å². The van der Waals surface area contributed by atoms with Crippen LogP contribution < -0.4 is 0 Å². The van der Waals surface area contributed by atoms with Gasteiger partial charge >= 0.3 is 24.3 Å². The summed E-state index contributed by atoms with van der Waals surface area (Å²) in [5, 5.41) is 24.5. The minimum absolute atomic E-state index is 0.270. The Kier molecular flexibility index (Phi) is 9.19. The van der Waals surface area contributed by atoms with Crippen LogP contribution in [0.3, 0.4) is 0 Å². The first-order valence-corrected chi connectivity index (χ1v) is 10.5. The average molecular weight is 532 g/mol. The number of thiazole rings is 1. The van der Waals surface area contributed by atoms with E-state index in [1.807, 2.05) is 10.3 Å².